The lowest BCUT2D eigenvalue weighted by Gasteiger charge is -2.40. The molecule has 0 bridgehead atoms. The summed E-state index contributed by atoms with van der Waals surface area (Å²) in [5.74, 6) is 0.356. The number of hydrogen-bond acceptors (Lipinski definition) is 4. The Bertz CT molecular complexity index is 711. The van der Waals surface area contributed by atoms with Crippen LogP contribution in [-0.4, -0.2) is 41.5 Å². The second-order valence-corrected chi connectivity index (χ2v) is 6.10. The van der Waals surface area contributed by atoms with Gasteiger partial charge >= 0.3 is 6.03 Å². The number of nitrogens with two attached hydrogens (primary N) is 1. The Balaban J connectivity index is 1.88. The Morgan fingerprint density at radius 2 is 2.29 bits per heavy atom. The number of hydrogen-bond donors (Lipinski definition) is 2. The molecule has 1 aromatic rings. The van der Waals surface area contributed by atoms with E-state index >= 15 is 0 Å². The van der Waals surface area contributed by atoms with Crippen LogP contribution >= 0.6 is 0 Å². The highest BCUT2D eigenvalue weighted by molar-refractivity contribution is 5.77. The number of nitrogens with one attached hydrogen (secondary N) is 1. The van der Waals surface area contributed by atoms with Crippen molar-refractivity contribution >= 4 is 6.03 Å². The molecular formula is C17H20FN5O. The molecule has 6 nitrogen and oxygen atoms in total. The molecule has 7 heteroatoms. The number of amides is 2. The van der Waals surface area contributed by atoms with Gasteiger partial charge in [-0.3, -0.25) is 4.90 Å². The van der Waals surface area contributed by atoms with E-state index in [4.69, 9.17) is 5.73 Å². The fourth-order valence-corrected chi connectivity index (χ4v) is 3.18. The molecule has 0 radical (unpaired) electrons. The van der Waals surface area contributed by atoms with Crippen LogP contribution in [0.2, 0.25) is 0 Å². The zero-order chi connectivity index (χ0) is 17.1. The molecule has 2 amide bonds. The minimum absolute atomic E-state index is 0.0790. The highest BCUT2D eigenvalue weighted by Gasteiger charge is 2.29. The zero-order valence-electron chi connectivity index (χ0n) is 13.3. The minimum Gasteiger partial charge on any atom is -0.357 e. The van der Waals surface area contributed by atoms with Crippen LogP contribution in [0.4, 0.5) is 9.18 Å². The number of halogens is 1. The Morgan fingerprint density at radius 3 is 3.04 bits per heavy atom. The van der Waals surface area contributed by atoms with E-state index in [0.29, 0.717) is 24.2 Å². The van der Waals surface area contributed by atoms with Crippen LogP contribution in [0.3, 0.4) is 0 Å². The largest absolute Gasteiger partial charge is 0.357 e. The first-order chi connectivity index (χ1) is 11.6. The Morgan fingerprint density at radius 1 is 1.46 bits per heavy atom. The number of carbonyl (C=O) groups is 1. The van der Waals surface area contributed by atoms with Crippen LogP contribution in [0, 0.1) is 17.1 Å². The highest BCUT2D eigenvalue weighted by atomic mass is 19.1. The summed E-state index contributed by atoms with van der Waals surface area (Å²) < 4.78 is 13.6. The molecule has 3 N–H and O–H groups in total. The second kappa shape index (κ2) is 6.89. The van der Waals surface area contributed by atoms with Crippen molar-refractivity contribution in [3.8, 4) is 6.07 Å². The summed E-state index contributed by atoms with van der Waals surface area (Å²) in [6.07, 6.45) is 3.88. The number of urea groups is 1. The molecule has 24 heavy (non-hydrogen) atoms. The maximum atomic E-state index is 13.6. The number of piperidine rings is 1. The molecule has 2 aliphatic rings. The second-order valence-electron chi connectivity index (χ2n) is 6.10. The van der Waals surface area contributed by atoms with Crippen LogP contribution in [0.1, 0.15) is 24.0 Å². The van der Waals surface area contributed by atoms with Crippen molar-refractivity contribution in [3.05, 3.63) is 47.0 Å². The topological polar surface area (TPSA) is 85.4 Å². The summed E-state index contributed by atoms with van der Waals surface area (Å²) >= 11 is 0. The van der Waals surface area contributed by atoms with E-state index in [0.717, 1.165) is 25.2 Å². The molecule has 0 unspecified atom stereocenters. The van der Waals surface area contributed by atoms with Crippen molar-refractivity contribution in [2.75, 3.05) is 19.6 Å². The number of carbonyl (C=O) groups excluding carboxylic acids is 1. The molecule has 2 heterocycles. The normalized spacial score (nSPS) is 21.1. The summed E-state index contributed by atoms with van der Waals surface area (Å²) in [4.78, 5) is 16.0. The zero-order valence-corrected chi connectivity index (χ0v) is 13.3. The van der Waals surface area contributed by atoms with Gasteiger partial charge in [0.1, 0.15) is 11.6 Å². The molecule has 1 atom stereocenters. The third kappa shape index (κ3) is 3.34. The number of benzene rings is 1. The summed E-state index contributed by atoms with van der Waals surface area (Å²) in [5.41, 5.74) is 6.90. The van der Waals surface area contributed by atoms with E-state index in [1.54, 1.807) is 4.90 Å². The SMILES string of the molecule is N#Cc1ccc(F)cc1CN1C(=O)NCC=C1N1CCC[C@@H](N)C1. The van der Waals surface area contributed by atoms with Crippen LogP contribution in [-0.2, 0) is 6.54 Å². The van der Waals surface area contributed by atoms with Gasteiger partial charge < -0.3 is 16.0 Å². The van der Waals surface area contributed by atoms with Gasteiger partial charge in [0.25, 0.3) is 0 Å². The quantitative estimate of drug-likeness (QED) is 0.880. The lowest BCUT2D eigenvalue weighted by atomic mass is 10.1. The molecular weight excluding hydrogens is 309 g/mol. The predicted octanol–water partition coefficient (Wildman–Crippen LogP) is 1.49. The molecule has 126 valence electrons. The first-order valence-corrected chi connectivity index (χ1v) is 8.03. The fraction of sp³-hybridized carbons (Fsp3) is 0.412. The Labute approximate surface area is 140 Å². The van der Waals surface area contributed by atoms with Crippen LogP contribution < -0.4 is 11.1 Å². The van der Waals surface area contributed by atoms with Gasteiger partial charge in [-0.15, -0.1) is 0 Å². The van der Waals surface area contributed by atoms with Gasteiger partial charge in [0.2, 0.25) is 0 Å². The third-order valence-corrected chi connectivity index (χ3v) is 4.36. The molecule has 0 aliphatic carbocycles. The number of nitriles is 1. The number of nitrogens with zero attached hydrogens (tertiary/aromatic N) is 3. The van der Waals surface area contributed by atoms with Gasteiger partial charge in [-0.25, -0.2) is 9.18 Å². The highest BCUT2D eigenvalue weighted by Crippen LogP contribution is 2.23. The van der Waals surface area contributed by atoms with Crippen molar-refractivity contribution in [1.29, 1.82) is 5.26 Å². The first kappa shape index (κ1) is 16.3. The predicted molar refractivity (Wildman–Crippen MR) is 86.9 cm³/mol. The molecule has 2 aliphatic heterocycles. The van der Waals surface area contributed by atoms with Crippen molar-refractivity contribution in [2.45, 2.75) is 25.4 Å². The molecule has 1 saturated heterocycles. The maximum absolute atomic E-state index is 13.6. The van der Waals surface area contributed by atoms with Gasteiger partial charge in [-0.05, 0) is 42.7 Å². The van der Waals surface area contributed by atoms with E-state index in [9.17, 15) is 14.4 Å². The molecule has 0 aromatic heterocycles. The summed E-state index contributed by atoms with van der Waals surface area (Å²) in [6, 6.07) is 5.87. The lowest BCUT2D eigenvalue weighted by molar-refractivity contribution is 0.159. The van der Waals surface area contributed by atoms with Gasteiger partial charge in [0.05, 0.1) is 18.2 Å². The van der Waals surface area contributed by atoms with Crippen LogP contribution in [0.15, 0.2) is 30.1 Å². The fourth-order valence-electron chi connectivity index (χ4n) is 3.18. The number of likely N-dealkylation sites (tertiary alicyclic amines) is 1. The molecule has 1 fully saturated rings. The molecule has 0 spiro atoms. The standard InChI is InChI=1S/C17H20FN5O/c18-14-4-3-12(9-19)13(8-14)10-23-16(5-6-21-17(23)24)22-7-1-2-15(20)11-22/h3-5,8,15H,1-2,6-7,10-11,20H2,(H,21,24)/t15-/m1/s1. The lowest BCUT2D eigenvalue weighted by Crippen LogP contribution is -2.51. The van der Waals surface area contributed by atoms with Crippen molar-refractivity contribution in [1.82, 2.24) is 15.1 Å². The molecule has 1 aromatic carbocycles. The van der Waals surface area contributed by atoms with Crippen molar-refractivity contribution in [3.63, 3.8) is 0 Å². The van der Waals surface area contributed by atoms with E-state index < -0.39 is 5.82 Å². The van der Waals surface area contributed by atoms with Gasteiger partial charge in [0, 0.05) is 25.7 Å². The van der Waals surface area contributed by atoms with Gasteiger partial charge in [-0.2, -0.15) is 5.26 Å². The van der Waals surface area contributed by atoms with Gasteiger partial charge in [0.15, 0.2) is 0 Å². The van der Waals surface area contributed by atoms with Crippen molar-refractivity contribution < 1.29 is 9.18 Å². The number of rotatable bonds is 3. The maximum Gasteiger partial charge on any atom is 0.323 e. The van der Waals surface area contributed by atoms with E-state index in [1.165, 1.54) is 18.2 Å². The van der Waals surface area contributed by atoms with Crippen LogP contribution in [0.25, 0.3) is 0 Å². The summed E-state index contributed by atoms with van der Waals surface area (Å²) in [7, 11) is 0. The van der Waals surface area contributed by atoms with E-state index in [2.05, 4.69) is 16.3 Å². The average molecular weight is 329 g/mol. The summed E-state index contributed by atoms with van der Waals surface area (Å²) in [5, 5.41) is 12.0. The molecule has 3 rings (SSSR count). The average Bonchev–Trinajstić information content (AvgIpc) is 2.57. The molecule has 0 saturated carbocycles. The Kier molecular flexibility index (Phi) is 4.67. The van der Waals surface area contributed by atoms with E-state index in [1.807, 2.05) is 6.08 Å². The summed E-state index contributed by atoms with van der Waals surface area (Å²) in [6.45, 7) is 2.11. The smallest absolute Gasteiger partial charge is 0.323 e. The Hall–Kier alpha value is -2.59. The monoisotopic (exact) mass is 329 g/mol. The third-order valence-electron chi connectivity index (χ3n) is 4.36. The van der Waals surface area contributed by atoms with Gasteiger partial charge in [-0.1, -0.05) is 0 Å². The van der Waals surface area contributed by atoms with E-state index in [-0.39, 0.29) is 18.6 Å². The van der Waals surface area contributed by atoms with Crippen LogP contribution in [0.5, 0.6) is 0 Å². The first-order valence-electron chi connectivity index (χ1n) is 8.03. The minimum atomic E-state index is -0.424. The van der Waals surface area contributed by atoms with Crippen molar-refractivity contribution in [2.24, 2.45) is 5.73 Å².